The first kappa shape index (κ1) is 35.3. The van der Waals surface area contributed by atoms with E-state index in [9.17, 15) is 0 Å². The van der Waals surface area contributed by atoms with E-state index in [1.165, 1.54) is 5.56 Å². The van der Waals surface area contributed by atoms with Crippen LogP contribution in [0.15, 0.2) is 42.2 Å². The molecule has 6 heteroatoms. The third-order valence-corrected chi connectivity index (χ3v) is 18.7. The minimum atomic E-state index is -2.06. The van der Waals surface area contributed by atoms with Crippen LogP contribution in [0.1, 0.15) is 81.7 Å². The molecule has 1 aromatic carbocycles. The van der Waals surface area contributed by atoms with Crippen LogP contribution in [-0.2, 0) is 24.9 Å². The second-order valence-electron chi connectivity index (χ2n) is 15.7. The van der Waals surface area contributed by atoms with Crippen LogP contribution in [-0.4, -0.2) is 41.6 Å². The van der Waals surface area contributed by atoms with Crippen molar-refractivity contribution in [2.24, 2.45) is 23.7 Å². The molecule has 0 unspecified atom stereocenters. The Morgan fingerprint density at radius 3 is 1.90 bits per heavy atom. The van der Waals surface area contributed by atoms with E-state index in [0.717, 1.165) is 5.76 Å². The topological polar surface area (TPSA) is 36.9 Å². The van der Waals surface area contributed by atoms with Gasteiger partial charge in [-0.2, -0.15) is 0 Å². The van der Waals surface area contributed by atoms with Gasteiger partial charge in [0, 0.05) is 17.8 Å². The van der Waals surface area contributed by atoms with Crippen LogP contribution >= 0.6 is 0 Å². The van der Waals surface area contributed by atoms with Crippen LogP contribution in [0.25, 0.3) is 0 Å². The van der Waals surface area contributed by atoms with Gasteiger partial charge in [0.15, 0.2) is 16.6 Å². The first-order valence-electron chi connectivity index (χ1n) is 15.5. The van der Waals surface area contributed by atoms with Crippen LogP contribution < -0.4 is 0 Å². The molecule has 0 bridgehead atoms. The first-order chi connectivity index (χ1) is 18.2. The van der Waals surface area contributed by atoms with Crippen LogP contribution in [0.3, 0.4) is 0 Å². The molecule has 0 aromatic heterocycles. The summed E-state index contributed by atoms with van der Waals surface area (Å²) in [5, 5.41) is 0.261. The third kappa shape index (κ3) is 9.03. The zero-order chi connectivity index (χ0) is 30.7. The molecular weight excluding hydrogens is 529 g/mol. The Balaban J connectivity index is 2.40. The number of benzene rings is 1. The summed E-state index contributed by atoms with van der Waals surface area (Å²) in [5.41, 5.74) is 1.20. The molecule has 2 rings (SSSR count). The van der Waals surface area contributed by atoms with E-state index < -0.39 is 16.6 Å². The van der Waals surface area contributed by atoms with E-state index in [1.807, 2.05) is 6.07 Å². The molecule has 40 heavy (non-hydrogen) atoms. The summed E-state index contributed by atoms with van der Waals surface area (Å²) in [6.45, 7) is 35.9. The van der Waals surface area contributed by atoms with E-state index in [-0.39, 0.29) is 46.1 Å². The molecule has 0 N–H and O–H groups in total. The van der Waals surface area contributed by atoms with Crippen LogP contribution in [0.5, 0.6) is 0 Å². The van der Waals surface area contributed by atoms with Crippen molar-refractivity contribution in [1.29, 1.82) is 0 Å². The fraction of sp³-hybridized carbons (Fsp3) is 0.765. The van der Waals surface area contributed by atoms with E-state index in [0.29, 0.717) is 19.1 Å². The molecule has 0 radical (unpaired) electrons. The third-order valence-electron chi connectivity index (χ3n) is 9.76. The Hall–Kier alpha value is -0.926. The van der Waals surface area contributed by atoms with Crippen molar-refractivity contribution in [3.8, 4) is 0 Å². The fourth-order valence-corrected chi connectivity index (χ4v) is 7.67. The van der Waals surface area contributed by atoms with Crippen molar-refractivity contribution in [2.75, 3.05) is 6.61 Å². The number of ether oxygens (including phenoxy) is 2. The van der Waals surface area contributed by atoms with Crippen molar-refractivity contribution in [3.05, 3.63) is 47.7 Å². The van der Waals surface area contributed by atoms with Gasteiger partial charge < -0.3 is 18.3 Å². The van der Waals surface area contributed by atoms with Gasteiger partial charge in [-0.25, -0.2) is 0 Å². The summed E-state index contributed by atoms with van der Waals surface area (Å²) < 4.78 is 27.4. The van der Waals surface area contributed by atoms with Crippen LogP contribution in [0, 0.1) is 23.7 Å². The number of hydrogen-bond donors (Lipinski definition) is 0. The van der Waals surface area contributed by atoms with E-state index >= 15 is 0 Å². The van der Waals surface area contributed by atoms with Gasteiger partial charge in [-0.15, -0.1) is 0 Å². The quantitative estimate of drug-likeness (QED) is 0.227. The van der Waals surface area contributed by atoms with Crippen molar-refractivity contribution in [1.82, 2.24) is 0 Å². The van der Waals surface area contributed by atoms with E-state index in [1.54, 1.807) is 0 Å². The molecule has 1 aliphatic rings. The molecule has 0 saturated heterocycles. The van der Waals surface area contributed by atoms with Gasteiger partial charge in [0.25, 0.3) is 0 Å². The molecule has 1 aromatic rings. The monoisotopic (exact) mass is 590 g/mol. The lowest BCUT2D eigenvalue weighted by molar-refractivity contribution is -0.0551. The lowest BCUT2D eigenvalue weighted by atomic mass is 9.84. The van der Waals surface area contributed by atoms with Crippen molar-refractivity contribution in [2.45, 2.75) is 137 Å². The van der Waals surface area contributed by atoms with Crippen LogP contribution in [0.2, 0.25) is 36.3 Å². The van der Waals surface area contributed by atoms with Gasteiger partial charge in [0.2, 0.25) is 0 Å². The van der Waals surface area contributed by atoms with Gasteiger partial charge in [0.05, 0.1) is 25.4 Å². The lowest BCUT2D eigenvalue weighted by Crippen LogP contribution is -2.51. The van der Waals surface area contributed by atoms with Gasteiger partial charge in [-0.3, -0.25) is 0 Å². The Morgan fingerprint density at radius 1 is 0.850 bits per heavy atom. The summed E-state index contributed by atoms with van der Waals surface area (Å²) in [6.07, 6.45) is 2.43. The highest BCUT2D eigenvalue weighted by molar-refractivity contribution is 6.74. The zero-order valence-electron chi connectivity index (χ0n) is 28.6. The fourth-order valence-electron chi connectivity index (χ4n) is 4.89. The highest BCUT2D eigenvalue weighted by Gasteiger charge is 2.46. The van der Waals surface area contributed by atoms with Crippen molar-refractivity contribution < 1.29 is 18.3 Å². The first-order valence-corrected chi connectivity index (χ1v) is 21.3. The Morgan fingerprint density at radius 2 is 1.40 bits per heavy atom. The van der Waals surface area contributed by atoms with Gasteiger partial charge in [-0.1, -0.05) is 106 Å². The molecule has 0 spiro atoms. The maximum Gasteiger partial charge on any atom is 0.192 e. The predicted molar refractivity (Wildman–Crippen MR) is 176 cm³/mol. The summed E-state index contributed by atoms with van der Waals surface area (Å²) in [7, 11) is -4.02. The Bertz CT molecular complexity index is 943. The van der Waals surface area contributed by atoms with Crippen molar-refractivity contribution >= 4 is 16.6 Å². The molecule has 4 nitrogen and oxygen atoms in total. The van der Waals surface area contributed by atoms with Gasteiger partial charge in [0.1, 0.15) is 11.9 Å². The predicted octanol–water partition coefficient (Wildman–Crippen LogP) is 9.83. The van der Waals surface area contributed by atoms with Gasteiger partial charge in [-0.05, 0) is 53.8 Å². The second-order valence-corrected chi connectivity index (χ2v) is 25.2. The molecule has 0 fully saturated rings. The second kappa shape index (κ2) is 13.6. The average molecular weight is 591 g/mol. The van der Waals surface area contributed by atoms with E-state index in [4.69, 9.17) is 18.3 Å². The van der Waals surface area contributed by atoms with Crippen LogP contribution in [0.4, 0.5) is 0 Å². The molecule has 1 heterocycles. The summed E-state index contributed by atoms with van der Waals surface area (Å²) >= 11 is 0. The molecule has 0 aliphatic carbocycles. The largest absolute Gasteiger partial charge is 0.494 e. The van der Waals surface area contributed by atoms with Gasteiger partial charge >= 0.3 is 0 Å². The average Bonchev–Trinajstić information content (AvgIpc) is 2.82. The van der Waals surface area contributed by atoms with E-state index in [2.05, 4.69) is 133 Å². The SMILES string of the molecule is CC(C)[C@H]1OC([C@@H](C)[C@H](O[Si](C)(C)C(C)(C)C)[C@H](C)COCc2ccccc2)=C[C@@H](O[Si](C)(C)C(C)(C)C)[C@@H]1C. The standard InChI is InChI=1S/C34H62O4Si2/c1-24(2)31-27(5)30(37-39(12,13)33(6,7)8)21-29(36-31)26(4)32(38-40(14,15)34(9,10)11)25(3)22-35-23-28-19-17-16-18-20-28/h16-21,24-27,30-32H,22-23H2,1-15H3/t25-,26-,27+,30-,31-,32-/m1/s1. The minimum Gasteiger partial charge on any atom is -0.494 e. The molecule has 0 saturated carbocycles. The smallest absolute Gasteiger partial charge is 0.192 e. The molecule has 230 valence electrons. The molecule has 0 amide bonds. The normalized spacial score (nSPS) is 23.4. The Kier molecular flexibility index (Phi) is 12.0. The maximum absolute atomic E-state index is 7.20. The van der Waals surface area contributed by atoms with Crippen molar-refractivity contribution in [3.63, 3.8) is 0 Å². The number of rotatable bonds is 12. The zero-order valence-corrected chi connectivity index (χ0v) is 30.6. The molecule has 6 atom stereocenters. The number of hydrogen-bond acceptors (Lipinski definition) is 4. The highest BCUT2D eigenvalue weighted by Crippen LogP contribution is 2.44. The highest BCUT2D eigenvalue weighted by atomic mass is 28.4. The summed E-state index contributed by atoms with van der Waals surface area (Å²) in [4.78, 5) is 0. The molecular formula is C34H62O4Si2. The minimum absolute atomic E-state index is 0.0161. The Labute approximate surface area is 249 Å². The maximum atomic E-state index is 7.20. The lowest BCUT2D eigenvalue weighted by Gasteiger charge is -2.47. The summed E-state index contributed by atoms with van der Waals surface area (Å²) in [6, 6.07) is 10.4. The summed E-state index contributed by atoms with van der Waals surface area (Å²) in [5.74, 6) is 2.00. The molecule has 1 aliphatic heterocycles.